The van der Waals surface area contributed by atoms with Gasteiger partial charge in [-0.05, 0) is 37.0 Å². The molecule has 0 atom stereocenters. The van der Waals surface area contributed by atoms with Crippen LogP contribution in [-0.2, 0) is 19.4 Å². The van der Waals surface area contributed by atoms with Crippen LogP contribution in [0.15, 0.2) is 30.3 Å². The summed E-state index contributed by atoms with van der Waals surface area (Å²) >= 11 is 0. The molecule has 0 bridgehead atoms. The highest BCUT2D eigenvalue weighted by Crippen LogP contribution is 2.26. The third-order valence-corrected chi connectivity index (χ3v) is 3.21. The van der Waals surface area contributed by atoms with Gasteiger partial charge in [-0.2, -0.15) is 5.10 Å². The van der Waals surface area contributed by atoms with E-state index in [1.165, 1.54) is 23.4 Å². The van der Waals surface area contributed by atoms with Crippen molar-refractivity contribution in [2.24, 2.45) is 5.73 Å². The fraction of sp³-hybridized carbons (Fsp3) is 0.308. The summed E-state index contributed by atoms with van der Waals surface area (Å²) in [6, 6.07) is 10.2. The third kappa shape index (κ3) is 1.36. The van der Waals surface area contributed by atoms with E-state index in [0.717, 1.165) is 18.5 Å². The van der Waals surface area contributed by atoms with Gasteiger partial charge in [-0.15, -0.1) is 0 Å². The first-order valence-corrected chi connectivity index (χ1v) is 5.75. The van der Waals surface area contributed by atoms with Gasteiger partial charge in [-0.25, -0.2) is 4.68 Å². The molecule has 0 saturated carbocycles. The lowest BCUT2D eigenvalue weighted by molar-refractivity contribution is 0.752. The van der Waals surface area contributed by atoms with Crippen LogP contribution < -0.4 is 5.73 Å². The molecule has 1 aromatic carbocycles. The van der Waals surface area contributed by atoms with Crippen molar-refractivity contribution in [3.63, 3.8) is 0 Å². The third-order valence-electron chi connectivity index (χ3n) is 3.21. The number of hydrogen-bond acceptors (Lipinski definition) is 2. The Morgan fingerprint density at radius 2 is 2.00 bits per heavy atom. The number of benzene rings is 1. The standard InChI is InChI=1S/C13H15N3/c14-9-13-11-7-4-8-12(11)15-16(13)10-5-2-1-3-6-10/h1-3,5-6H,4,7-9,14H2. The van der Waals surface area contributed by atoms with Crippen molar-refractivity contribution in [1.82, 2.24) is 9.78 Å². The first-order chi connectivity index (χ1) is 7.90. The highest BCUT2D eigenvalue weighted by atomic mass is 15.3. The van der Waals surface area contributed by atoms with Crippen LogP contribution >= 0.6 is 0 Å². The molecule has 1 aliphatic rings. The van der Waals surface area contributed by atoms with Crippen molar-refractivity contribution in [2.75, 3.05) is 0 Å². The Bertz CT molecular complexity index is 499. The average molecular weight is 213 g/mol. The minimum atomic E-state index is 0.567. The van der Waals surface area contributed by atoms with E-state index in [-0.39, 0.29) is 0 Å². The second-order valence-corrected chi connectivity index (χ2v) is 4.18. The molecule has 3 heteroatoms. The van der Waals surface area contributed by atoms with Gasteiger partial charge in [0.05, 0.1) is 17.1 Å². The predicted octanol–water partition coefficient (Wildman–Crippen LogP) is 1.82. The van der Waals surface area contributed by atoms with Gasteiger partial charge in [0.1, 0.15) is 0 Å². The molecule has 0 aliphatic heterocycles. The molecule has 1 heterocycles. The second kappa shape index (κ2) is 3.76. The zero-order valence-corrected chi connectivity index (χ0v) is 9.19. The van der Waals surface area contributed by atoms with Crippen LogP contribution in [0.3, 0.4) is 0 Å². The van der Waals surface area contributed by atoms with Crippen LogP contribution in [0.1, 0.15) is 23.4 Å². The Balaban J connectivity index is 2.15. The SMILES string of the molecule is NCc1c2c(nn1-c1ccccc1)CCC2. The number of para-hydroxylation sites is 1. The smallest absolute Gasteiger partial charge is 0.0664 e. The Labute approximate surface area is 94.9 Å². The summed E-state index contributed by atoms with van der Waals surface area (Å²) in [4.78, 5) is 0. The molecular weight excluding hydrogens is 198 g/mol. The van der Waals surface area contributed by atoms with E-state index < -0.39 is 0 Å². The summed E-state index contributed by atoms with van der Waals surface area (Å²) in [6.07, 6.45) is 3.46. The monoisotopic (exact) mass is 213 g/mol. The maximum atomic E-state index is 5.84. The molecule has 0 spiro atoms. The Morgan fingerprint density at radius 3 is 2.75 bits per heavy atom. The van der Waals surface area contributed by atoms with Crippen molar-refractivity contribution >= 4 is 0 Å². The summed E-state index contributed by atoms with van der Waals surface area (Å²) in [5.41, 5.74) is 10.8. The molecule has 3 nitrogen and oxygen atoms in total. The lowest BCUT2D eigenvalue weighted by atomic mass is 10.2. The average Bonchev–Trinajstić information content (AvgIpc) is 2.89. The van der Waals surface area contributed by atoms with Crippen molar-refractivity contribution in [3.05, 3.63) is 47.3 Å². The molecule has 2 aromatic rings. The first-order valence-electron chi connectivity index (χ1n) is 5.75. The summed E-state index contributed by atoms with van der Waals surface area (Å²) in [5, 5.41) is 4.67. The Kier molecular flexibility index (Phi) is 2.26. The van der Waals surface area contributed by atoms with E-state index in [1.54, 1.807) is 0 Å². The summed E-state index contributed by atoms with van der Waals surface area (Å²) in [7, 11) is 0. The summed E-state index contributed by atoms with van der Waals surface area (Å²) in [5.74, 6) is 0. The highest BCUT2D eigenvalue weighted by molar-refractivity contribution is 5.39. The number of rotatable bonds is 2. The minimum Gasteiger partial charge on any atom is -0.325 e. The number of aromatic nitrogens is 2. The maximum Gasteiger partial charge on any atom is 0.0664 e. The van der Waals surface area contributed by atoms with Gasteiger partial charge < -0.3 is 5.73 Å². The zero-order chi connectivity index (χ0) is 11.0. The molecular formula is C13H15N3. The predicted molar refractivity (Wildman–Crippen MR) is 63.5 cm³/mol. The van der Waals surface area contributed by atoms with Crippen LogP contribution in [0.5, 0.6) is 0 Å². The number of nitrogens with two attached hydrogens (primary N) is 1. The molecule has 0 fully saturated rings. The quantitative estimate of drug-likeness (QED) is 0.827. The van der Waals surface area contributed by atoms with Crippen molar-refractivity contribution in [3.8, 4) is 5.69 Å². The van der Waals surface area contributed by atoms with E-state index in [9.17, 15) is 0 Å². The molecule has 2 N–H and O–H groups in total. The van der Waals surface area contributed by atoms with E-state index in [0.29, 0.717) is 6.54 Å². The maximum absolute atomic E-state index is 5.84. The number of fused-ring (bicyclic) bond motifs is 1. The fourth-order valence-corrected chi connectivity index (χ4v) is 2.45. The molecule has 0 amide bonds. The second-order valence-electron chi connectivity index (χ2n) is 4.18. The molecule has 1 aliphatic carbocycles. The van der Waals surface area contributed by atoms with Crippen LogP contribution in [-0.4, -0.2) is 9.78 Å². The van der Waals surface area contributed by atoms with E-state index in [1.807, 2.05) is 22.9 Å². The normalized spacial score (nSPS) is 14.1. The summed E-state index contributed by atoms with van der Waals surface area (Å²) < 4.78 is 2.00. The van der Waals surface area contributed by atoms with Crippen LogP contribution in [0.25, 0.3) is 5.69 Å². The Morgan fingerprint density at radius 1 is 1.19 bits per heavy atom. The highest BCUT2D eigenvalue weighted by Gasteiger charge is 2.21. The fourth-order valence-electron chi connectivity index (χ4n) is 2.45. The number of hydrogen-bond donors (Lipinski definition) is 1. The Hall–Kier alpha value is -1.61. The van der Waals surface area contributed by atoms with E-state index >= 15 is 0 Å². The molecule has 1 aromatic heterocycles. The molecule has 82 valence electrons. The van der Waals surface area contributed by atoms with Crippen molar-refractivity contribution in [2.45, 2.75) is 25.8 Å². The topological polar surface area (TPSA) is 43.8 Å². The number of nitrogens with zero attached hydrogens (tertiary/aromatic N) is 2. The number of aryl methyl sites for hydroxylation is 1. The molecule has 0 saturated heterocycles. The van der Waals surface area contributed by atoms with Gasteiger partial charge in [0.25, 0.3) is 0 Å². The van der Waals surface area contributed by atoms with Gasteiger partial charge in [-0.1, -0.05) is 18.2 Å². The van der Waals surface area contributed by atoms with E-state index in [2.05, 4.69) is 17.2 Å². The zero-order valence-electron chi connectivity index (χ0n) is 9.19. The van der Waals surface area contributed by atoms with E-state index in [4.69, 9.17) is 5.73 Å². The van der Waals surface area contributed by atoms with Gasteiger partial charge >= 0.3 is 0 Å². The van der Waals surface area contributed by atoms with Gasteiger partial charge in [0.15, 0.2) is 0 Å². The lowest BCUT2D eigenvalue weighted by Gasteiger charge is -2.07. The first kappa shape index (κ1) is 9.60. The van der Waals surface area contributed by atoms with Crippen molar-refractivity contribution in [1.29, 1.82) is 0 Å². The van der Waals surface area contributed by atoms with Crippen LogP contribution in [0.4, 0.5) is 0 Å². The molecule has 16 heavy (non-hydrogen) atoms. The minimum absolute atomic E-state index is 0.567. The summed E-state index contributed by atoms with van der Waals surface area (Å²) in [6.45, 7) is 0.567. The lowest BCUT2D eigenvalue weighted by Crippen LogP contribution is -2.08. The molecule has 0 radical (unpaired) electrons. The molecule has 0 unspecified atom stereocenters. The van der Waals surface area contributed by atoms with Crippen LogP contribution in [0, 0.1) is 0 Å². The largest absolute Gasteiger partial charge is 0.325 e. The molecule has 3 rings (SSSR count). The van der Waals surface area contributed by atoms with Gasteiger partial charge in [-0.3, -0.25) is 0 Å². The van der Waals surface area contributed by atoms with Gasteiger partial charge in [0, 0.05) is 6.54 Å². The van der Waals surface area contributed by atoms with Gasteiger partial charge in [0.2, 0.25) is 0 Å². The van der Waals surface area contributed by atoms with Crippen LogP contribution in [0.2, 0.25) is 0 Å². The van der Waals surface area contributed by atoms with Crippen molar-refractivity contribution < 1.29 is 0 Å².